The van der Waals surface area contributed by atoms with Gasteiger partial charge in [-0.1, -0.05) is 0 Å². The van der Waals surface area contributed by atoms with Crippen LogP contribution in [0, 0.1) is 0 Å². The molecular formula is C16H15N3O3S. The molecule has 6 nitrogen and oxygen atoms in total. The number of nitrogens with zero attached hydrogens (tertiary/aromatic N) is 3. The van der Waals surface area contributed by atoms with E-state index in [2.05, 4.69) is 14.3 Å². The number of rotatable bonds is 5. The Balaban J connectivity index is 2.15. The predicted octanol–water partition coefficient (Wildman–Crippen LogP) is 3.29. The van der Waals surface area contributed by atoms with Crippen LogP contribution in [-0.4, -0.2) is 35.7 Å². The lowest BCUT2D eigenvalue weighted by Gasteiger charge is -2.14. The molecule has 0 aliphatic rings. The lowest BCUT2D eigenvalue weighted by Crippen LogP contribution is -1.96. The zero-order chi connectivity index (χ0) is 16.2. The summed E-state index contributed by atoms with van der Waals surface area (Å²) in [4.78, 5) is 8.13. The zero-order valence-electron chi connectivity index (χ0n) is 12.9. The van der Waals surface area contributed by atoms with Crippen LogP contribution in [0.15, 0.2) is 36.2 Å². The van der Waals surface area contributed by atoms with Crippen molar-refractivity contribution in [1.82, 2.24) is 14.3 Å². The Kier molecular flexibility index (Phi) is 4.38. The molecule has 2 aromatic heterocycles. The molecule has 0 unspecified atom stereocenters. The summed E-state index contributed by atoms with van der Waals surface area (Å²) in [6.45, 7) is 0. The second kappa shape index (κ2) is 6.62. The molecule has 0 atom stereocenters. The molecule has 3 aromatic rings. The minimum atomic E-state index is 0.554. The van der Waals surface area contributed by atoms with Gasteiger partial charge in [-0.05, 0) is 23.7 Å². The number of aromatic nitrogens is 3. The Morgan fingerprint density at radius 1 is 0.870 bits per heavy atom. The summed E-state index contributed by atoms with van der Waals surface area (Å²) in [6, 6.07) is 3.76. The average Bonchev–Trinajstić information content (AvgIpc) is 3.10. The molecule has 118 valence electrons. The molecule has 0 saturated heterocycles. The molecule has 0 N–H and O–H groups in total. The summed E-state index contributed by atoms with van der Waals surface area (Å²) >= 11 is 1.37. The van der Waals surface area contributed by atoms with E-state index in [1.54, 1.807) is 33.7 Å². The number of hydrogen-bond donors (Lipinski definition) is 0. The van der Waals surface area contributed by atoms with Crippen LogP contribution in [0.25, 0.3) is 22.4 Å². The molecule has 0 aliphatic carbocycles. The second-order valence-electron chi connectivity index (χ2n) is 4.62. The van der Waals surface area contributed by atoms with Crippen LogP contribution in [0.1, 0.15) is 0 Å². The highest BCUT2D eigenvalue weighted by Crippen LogP contribution is 2.43. The van der Waals surface area contributed by atoms with Crippen molar-refractivity contribution in [2.75, 3.05) is 21.3 Å². The van der Waals surface area contributed by atoms with Gasteiger partial charge in [0.1, 0.15) is 6.33 Å². The van der Waals surface area contributed by atoms with Gasteiger partial charge in [-0.15, -0.1) is 0 Å². The fourth-order valence-corrected chi connectivity index (χ4v) is 3.02. The molecule has 0 amide bonds. The Morgan fingerprint density at radius 2 is 1.52 bits per heavy atom. The first-order valence-electron chi connectivity index (χ1n) is 6.78. The molecule has 0 fully saturated rings. The molecule has 0 saturated carbocycles. The molecule has 2 heterocycles. The van der Waals surface area contributed by atoms with E-state index < -0.39 is 0 Å². The van der Waals surface area contributed by atoms with Crippen molar-refractivity contribution >= 4 is 11.5 Å². The van der Waals surface area contributed by atoms with E-state index in [0.29, 0.717) is 17.2 Å². The molecule has 7 heteroatoms. The van der Waals surface area contributed by atoms with E-state index in [1.807, 2.05) is 17.5 Å². The van der Waals surface area contributed by atoms with E-state index in [9.17, 15) is 0 Å². The predicted molar refractivity (Wildman–Crippen MR) is 88.2 cm³/mol. The van der Waals surface area contributed by atoms with Crippen molar-refractivity contribution < 1.29 is 14.2 Å². The van der Waals surface area contributed by atoms with E-state index in [1.165, 1.54) is 17.9 Å². The van der Waals surface area contributed by atoms with Crippen LogP contribution in [0.2, 0.25) is 0 Å². The monoisotopic (exact) mass is 329 g/mol. The Bertz CT molecular complexity index is 780. The summed E-state index contributed by atoms with van der Waals surface area (Å²) in [6.07, 6.45) is 5.03. The highest BCUT2D eigenvalue weighted by atomic mass is 32.1. The number of hydrogen-bond acceptors (Lipinski definition) is 7. The lowest BCUT2D eigenvalue weighted by atomic mass is 10.0. The first-order valence-corrected chi connectivity index (χ1v) is 7.62. The van der Waals surface area contributed by atoms with Crippen molar-refractivity contribution in [1.29, 1.82) is 0 Å². The fourth-order valence-electron chi connectivity index (χ4n) is 2.31. The molecule has 0 spiro atoms. The van der Waals surface area contributed by atoms with Gasteiger partial charge in [-0.3, -0.25) is 0 Å². The Labute approximate surface area is 137 Å². The quantitative estimate of drug-likeness (QED) is 0.715. The van der Waals surface area contributed by atoms with Gasteiger partial charge in [0, 0.05) is 34.5 Å². The molecule has 23 heavy (non-hydrogen) atoms. The standard InChI is InChI=1S/C16H15N3O3S/c1-20-13-4-10(5-14(21-2)16(13)22-3)15-12(8-23-19-15)11-6-17-9-18-7-11/h4-9H,1-3H3. The summed E-state index contributed by atoms with van der Waals surface area (Å²) in [7, 11) is 4.76. The third kappa shape index (κ3) is 2.83. The number of benzene rings is 1. The number of ether oxygens (including phenoxy) is 3. The van der Waals surface area contributed by atoms with Gasteiger partial charge in [0.05, 0.1) is 27.0 Å². The molecular weight excluding hydrogens is 314 g/mol. The topological polar surface area (TPSA) is 66.4 Å². The van der Waals surface area contributed by atoms with Crippen LogP contribution in [0.4, 0.5) is 0 Å². The average molecular weight is 329 g/mol. The van der Waals surface area contributed by atoms with Crippen molar-refractivity contribution in [3.8, 4) is 39.6 Å². The fraction of sp³-hybridized carbons (Fsp3) is 0.188. The summed E-state index contributed by atoms with van der Waals surface area (Å²) in [5.74, 6) is 1.73. The van der Waals surface area contributed by atoms with E-state index in [4.69, 9.17) is 14.2 Å². The van der Waals surface area contributed by atoms with Crippen LogP contribution >= 0.6 is 11.5 Å². The second-order valence-corrected chi connectivity index (χ2v) is 5.25. The van der Waals surface area contributed by atoms with E-state index >= 15 is 0 Å². The molecule has 0 aliphatic heterocycles. The van der Waals surface area contributed by atoms with Crippen LogP contribution in [0.3, 0.4) is 0 Å². The molecule has 0 bridgehead atoms. The molecule has 1 aromatic carbocycles. The van der Waals surface area contributed by atoms with Gasteiger partial charge in [0.25, 0.3) is 0 Å². The van der Waals surface area contributed by atoms with Gasteiger partial charge >= 0.3 is 0 Å². The van der Waals surface area contributed by atoms with E-state index in [0.717, 1.165) is 22.4 Å². The van der Waals surface area contributed by atoms with Gasteiger partial charge in [0.2, 0.25) is 5.75 Å². The SMILES string of the molecule is COc1cc(-c2nscc2-c2cncnc2)cc(OC)c1OC. The zero-order valence-corrected chi connectivity index (χ0v) is 13.8. The first kappa shape index (κ1) is 15.2. The van der Waals surface area contributed by atoms with Crippen LogP contribution < -0.4 is 14.2 Å². The summed E-state index contributed by atoms with van der Waals surface area (Å²) in [5.41, 5.74) is 3.57. The van der Waals surface area contributed by atoms with Gasteiger partial charge in [0.15, 0.2) is 11.5 Å². The van der Waals surface area contributed by atoms with Crippen molar-refractivity contribution in [3.05, 3.63) is 36.2 Å². The summed E-state index contributed by atoms with van der Waals surface area (Å²) < 4.78 is 20.7. The third-order valence-corrected chi connectivity index (χ3v) is 4.01. The number of methoxy groups -OCH3 is 3. The van der Waals surface area contributed by atoms with Crippen LogP contribution in [0.5, 0.6) is 17.2 Å². The largest absolute Gasteiger partial charge is 0.493 e. The van der Waals surface area contributed by atoms with Gasteiger partial charge in [-0.2, -0.15) is 4.37 Å². The van der Waals surface area contributed by atoms with Crippen molar-refractivity contribution in [3.63, 3.8) is 0 Å². The minimum absolute atomic E-state index is 0.554. The smallest absolute Gasteiger partial charge is 0.203 e. The Morgan fingerprint density at radius 3 is 2.09 bits per heavy atom. The maximum atomic E-state index is 5.41. The first-order chi connectivity index (χ1) is 11.3. The Hall–Kier alpha value is -2.67. The van der Waals surface area contributed by atoms with Gasteiger partial charge < -0.3 is 14.2 Å². The third-order valence-electron chi connectivity index (χ3n) is 3.38. The highest BCUT2D eigenvalue weighted by Gasteiger charge is 2.18. The normalized spacial score (nSPS) is 10.4. The lowest BCUT2D eigenvalue weighted by molar-refractivity contribution is 0.324. The summed E-state index contributed by atoms with van der Waals surface area (Å²) in [5, 5.41) is 1.97. The van der Waals surface area contributed by atoms with E-state index in [-0.39, 0.29) is 0 Å². The maximum Gasteiger partial charge on any atom is 0.203 e. The molecule has 3 rings (SSSR count). The van der Waals surface area contributed by atoms with Crippen molar-refractivity contribution in [2.24, 2.45) is 0 Å². The van der Waals surface area contributed by atoms with Crippen LogP contribution in [-0.2, 0) is 0 Å². The van der Waals surface area contributed by atoms with Gasteiger partial charge in [-0.25, -0.2) is 9.97 Å². The minimum Gasteiger partial charge on any atom is -0.493 e. The molecule has 0 radical (unpaired) electrons. The highest BCUT2D eigenvalue weighted by molar-refractivity contribution is 7.04. The maximum absolute atomic E-state index is 5.41. The van der Waals surface area contributed by atoms with Crippen molar-refractivity contribution in [2.45, 2.75) is 0 Å².